The summed E-state index contributed by atoms with van der Waals surface area (Å²) in [6.07, 6.45) is 3.52. The van der Waals surface area contributed by atoms with E-state index in [2.05, 4.69) is 20.2 Å². The molecule has 1 fully saturated rings. The van der Waals surface area contributed by atoms with E-state index < -0.39 is 0 Å². The van der Waals surface area contributed by atoms with Crippen LogP contribution in [0, 0.1) is 0 Å². The first-order valence-electron chi connectivity index (χ1n) is 9.90. The van der Waals surface area contributed by atoms with Gasteiger partial charge in [0, 0.05) is 38.6 Å². The minimum absolute atomic E-state index is 0.0619. The van der Waals surface area contributed by atoms with Gasteiger partial charge >= 0.3 is 6.03 Å². The van der Waals surface area contributed by atoms with Gasteiger partial charge in [-0.1, -0.05) is 6.07 Å². The summed E-state index contributed by atoms with van der Waals surface area (Å²) >= 11 is 0. The third kappa shape index (κ3) is 5.28. The molecule has 1 aromatic carbocycles. The van der Waals surface area contributed by atoms with Crippen molar-refractivity contribution in [3.63, 3.8) is 0 Å². The van der Waals surface area contributed by atoms with Crippen LogP contribution >= 0.6 is 0 Å². The highest BCUT2D eigenvalue weighted by atomic mass is 16.5. The molecule has 2 aromatic rings. The van der Waals surface area contributed by atoms with E-state index in [1.54, 1.807) is 25.6 Å². The molecule has 1 aliphatic heterocycles. The molecular formula is C21H29N5O3. The van der Waals surface area contributed by atoms with Crippen molar-refractivity contribution in [1.29, 1.82) is 0 Å². The second kappa shape index (κ2) is 9.45. The number of benzene rings is 1. The van der Waals surface area contributed by atoms with Gasteiger partial charge in [-0.3, -0.25) is 0 Å². The highest BCUT2D eigenvalue weighted by Crippen LogP contribution is 2.31. The van der Waals surface area contributed by atoms with E-state index in [1.807, 2.05) is 43.9 Å². The number of rotatable bonds is 6. The summed E-state index contributed by atoms with van der Waals surface area (Å²) in [4.78, 5) is 25.2. The molecule has 1 atom stereocenters. The Morgan fingerprint density at radius 3 is 2.38 bits per heavy atom. The summed E-state index contributed by atoms with van der Waals surface area (Å²) in [5, 5.41) is 3.07. The van der Waals surface area contributed by atoms with Gasteiger partial charge in [-0.2, -0.15) is 0 Å². The molecular weight excluding hydrogens is 370 g/mol. The van der Waals surface area contributed by atoms with Crippen LogP contribution in [0.25, 0.3) is 0 Å². The smallest absolute Gasteiger partial charge is 0.317 e. The number of nitrogens with zero attached hydrogens (tertiary/aromatic N) is 4. The van der Waals surface area contributed by atoms with Crippen LogP contribution < -0.4 is 19.7 Å². The van der Waals surface area contributed by atoms with Crippen LogP contribution in [0.5, 0.6) is 11.5 Å². The SMILES string of the molecule is COc1cc(C(C)NC(=O)N2CCN(c3ncccn3)CC2)ccc1OC(C)C. The molecule has 29 heavy (non-hydrogen) atoms. The number of urea groups is 1. The third-order valence-electron chi connectivity index (χ3n) is 4.79. The number of ether oxygens (including phenoxy) is 2. The van der Waals surface area contributed by atoms with Crippen molar-refractivity contribution in [2.45, 2.75) is 32.9 Å². The Bertz CT molecular complexity index is 807. The van der Waals surface area contributed by atoms with Gasteiger partial charge in [0.05, 0.1) is 19.3 Å². The zero-order valence-electron chi connectivity index (χ0n) is 17.5. The Kier molecular flexibility index (Phi) is 6.74. The summed E-state index contributed by atoms with van der Waals surface area (Å²) in [7, 11) is 1.62. The van der Waals surface area contributed by atoms with Crippen molar-refractivity contribution in [2.24, 2.45) is 0 Å². The van der Waals surface area contributed by atoms with Crippen LogP contribution in [0.2, 0.25) is 0 Å². The fourth-order valence-electron chi connectivity index (χ4n) is 3.23. The van der Waals surface area contributed by atoms with E-state index in [-0.39, 0.29) is 18.2 Å². The van der Waals surface area contributed by atoms with Crippen molar-refractivity contribution in [3.05, 3.63) is 42.2 Å². The van der Waals surface area contributed by atoms with E-state index in [1.165, 1.54) is 0 Å². The molecule has 0 aliphatic carbocycles. The second-order valence-corrected chi connectivity index (χ2v) is 7.27. The van der Waals surface area contributed by atoms with E-state index in [0.29, 0.717) is 43.6 Å². The standard InChI is InChI=1S/C21H29N5O3/c1-15(2)29-18-7-6-17(14-19(18)28-4)16(3)24-21(27)26-12-10-25(11-13-26)20-22-8-5-9-23-20/h5-9,14-16H,10-13H2,1-4H3,(H,24,27). The first-order valence-corrected chi connectivity index (χ1v) is 9.90. The molecule has 1 aromatic heterocycles. The van der Waals surface area contributed by atoms with E-state index in [4.69, 9.17) is 9.47 Å². The first kappa shape index (κ1) is 20.7. The lowest BCUT2D eigenvalue weighted by molar-refractivity contribution is 0.191. The van der Waals surface area contributed by atoms with E-state index >= 15 is 0 Å². The number of amides is 2. The molecule has 8 nitrogen and oxygen atoms in total. The summed E-state index contributed by atoms with van der Waals surface area (Å²) in [6.45, 7) is 8.58. The lowest BCUT2D eigenvalue weighted by Gasteiger charge is -2.35. The number of hydrogen-bond donors (Lipinski definition) is 1. The molecule has 0 saturated carbocycles. The van der Waals surface area contributed by atoms with Gasteiger partial charge in [0.25, 0.3) is 0 Å². The Hall–Kier alpha value is -3.03. The topological polar surface area (TPSA) is 79.8 Å². The zero-order chi connectivity index (χ0) is 20.8. The largest absolute Gasteiger partial charge is 0.493 e. The maximum Gasteiger partial charge on any atom is 0.317 e. The van der Waals surface area contributed by atoms with Gasteiger partial charge in [0.2, 0.25) is 5.95 Å². The fourth-order valence-corrected chi connectivity index (χ4v) is 3.23. The van der Waals surface area contributed by atoms with Gasteiger partial charge in [-0.15, -0.1) is 0 Å². The molecule has 2 heterocycles. The molecule has 2 amide bonds. The lowest BCUT2D eigenvalue weighted by Crippen LogP contribution is -2.52. The van der Waals surface area contributed by atoms with Crippen LogP contribution in [0.4, 0.5) is 10.7 Å². The minimum atomic E-state index is -0.153. The Labute approximate surface area is 171 Å². The molecule has 0 radical (unpaired) electrons. The highest BCUT2D eigenvalue weighted by molar-refractivity contribution is 5.75. The Balaban J connectivity index is 1.57. The van der Waals surface area contributed by atoms with Gasteiger partial charge in [-0.05, 0) is 44.5 Å². The van der Waals surface area contributed by atoms with Gasteiger partial charge in [-0.25, -0.2) is 14.8 Å². The van der Waals surface area contributed by atoms with Crippen molar-refractivity contribution >= 4 is 12.0 Å². The Morgan fingerprint density at radius 1 is 1.07 bits per heavy atom. The molecule has 0 bridgehead atoms. The fraction of sp³-hybridized carbons (Fsp3) is 0.476. The van der Waals surface area contributed by atoms with E-state index in [0.717, 1.165) is 5.56 Å². The van der Waals surface area contributed by atoms with Crippen LogP contribution in [-0.4, -0.2) is 60.3 Å². The van der Waals surface area contributed by atoms with Gasteiger partial charge < -0.3 is 24.6 Å². The number of hydrogen-bond acceptors (Lipinski definition) is 6. The van der Waals surface area contributed by atoms with Crippen molar-refractivity contribution < 1.29 is 14.3 Å². The number of nitrogens with one attached hydrogen (secondary N) is 1. The van der Waals surface area contributed by atoms with Crippen molar-refractivity contribution in [1.82, 2.24) is 20.2 Å². The average molecular weight is 399 g/mol. The summed E-state index contributed by atoms with van der Waals surface area (Å²) in [6, 6.07) is 7.32. The Morgan fingerprint density at radius 2 is 1.76 bits per heavy atom. The molecule has 8 heteroatoms. The predicted octanol–water partition coefficient (Wildman–Crippen LogP) is 2.87. The molecule has 3 rings (SSSR count). The van der Waals surface area contributed by atoms with Gasteiger partial charge in [0.15, 0.2) is 11.5 Å². The second-order valence-electron chi connectivity index (χ2n) is 7.27. The van der Waals surface area contributed by atoms with Crippen LogP contribution in [0.3, 0.4) is 0 Å². The summed E-state index contributed by atoms with van der Waals surface area (Å²) < 4.78 is 11.2. The molecule has 1 saturated heterocycles. The van der Waals surface area contributed by atoms with Crippen LogP contribution in [0.15, 0.2) is 36.7 Å². The monoisotopic (exact) mass is 399 g/mol. The van der Waals surface area contributed by atoms with Crippen LogP contribution in [0.1, 0.15) is 32.4 Å². The molecule has 1 aliphatic rings. The minimum Gasteiger partial charge on any atom is -0.493 e. The summed E-state index contributed by atoms with van der Waals surface area (Å²) in [5.41, 5.74) is 0.961. The maximum absolute atomic E-state index is 12.7. The average Bonchev–Trinajstić information content (AvgIpc) is 2.74. The first-order chi connectivity index (χ1) is 14.0. The molecule has 1 N–H and O–H groups in total. The van der Waals surface area contributed by atoms with Gasteiger partial charge in [0.1, 0.15) is 0 Å². The number of carbonyl (C=O) groups is 1. The molecule has 0 spiro atoms. The number of carbonyl (C=O) groups excluding carboxylic acids is 1. The number of aromatic nitrogens is 2. The van der Waals surface area contributed by atoms with Crippen molar-refractivity contribution in [2.75, 3.05) is 38.2 Å². The third-order valence-corrected chi connectivity index (χ3v) is 4.79. The molecule has 1 unspecified atom stereocenters. The van der Waals surface area contributed by atoms with Crippen LogP contribution in [-0.2, 0) is 0 Å². The number of anilines is 1. The van der Waals surface area contributed by atoms with Crippen molar-refractivity contribution in [3.8, 4) is 11.5 Å². The summed E-state index contributed by atoms with van der Waals surface area (Å²) in [5.74, 6) is 2.06. The number of piperazine rings is 1. The predicted molar refractivity (Wildman–Crippen MR) is 112 cm³/mol. The highest BCUT2D eigenvalue weighted by Gasteiger charge is 2.24. The number of methoxy groups -OCH3 is 1. The maximum atomic E-state index is 12.7. The quantitative estimate of drug-likeness (QED) is 0.805. The lowest BCUT2D eigenvalue weighted by atomic mass is 10.1. The molecule has 156 valence electrons. The normalized spacial score (nSPS) is 15.2. The van der Waals surface area contributed by atoms with E-state index in [9.17, 15) is 4.79 Å². The zero-order valence-corrected chi connectivity index (χ0v) is 17.5.